The Kier molecular flexibility index (Phi) is 10.3. The number of aliphatic carboxylic acids is 1. The van der Waals surface area contributed by atoms with E-state index in [9.17, 15) is 19.1 Å². The first-order valence-electron chi connectivity index (χ1n) is 15.8. The molecule has 230 valence electrons. The third-order valence-electron chi connectivity index (χ3n) is 9.93. The van der Waals surface area contributed by atoms with Crippen LogP contribution in [0.4, 0.5) is 9.18 Å². The van der Waals surface area contributed by atoms with Gasteiger partial charge in [0.1, 0.15) is 11.9 Å². The average Bonchev–Trinajstić information content (AvgIpc) is 3.43. The summed E-state index contributed by atoms with van der Waals surface area (Å²) < 4.78 is 14.3. The Labute approximate surface area is 254 Å². The van der Waals surface area contributed by atoms with Crippen LogP contribution in [0, 0.1) is 29.0 Å². The van der Waals surface area contributed by atoms with E-state index < -0.39 is 12.0 Å². The average molecular weight is 590 g/mol. The van der Waals surface area contributed by atoms with Gasteiger partial charge in [0.25, 0.3) is 0 Å². The monoisotopic (exact) mass is 589 g/mol. The zero-order valence-corrected chi connectivity index (χ0v) is 25.1. The first-order valence-corrected chi connectivity index (χ1v) is 15.8. The van der Waals surface area contributed by atoms with Crippen LogP contribution in [0.3, 0.4) is 0 Å². The topological polar surface area (TPSA) is 99.9 Å². The van der Waals surface area contributed by atoms with Gasteiger partial charge in [-0.15, -0.1) is 0 Å². The van der Waals surface area contributed by atoms with Crippen molar-refractivity contribution in [3.8, 4) is 6.07 Å². The highest BCUT2D eigenvalue weighted by atomic mass is 19.1. The number of nitrogens with zero attached hydrogens (tertiary/aromatic N) is 4. The fraction of sp³-hybridized carbons (Fsp3) is 0.559. The predicted octanol–water partition coefficient (Wildman–Crippen LogP) is 5.05. The molecule has 2 N–H and O–H groups in total. The summed E-state index contributed by atoms with van der Waals surface area (Å²) in [5.74, 6) is -0.524. The van der Waals surface area contributed by atoms with Gasteiger partial charge < -0.3 is 20.2 Å². The quantitative estimate of drug-likeness (QED) is 0.425. The van der Waals surface area contributed by atoms with E-state index in [1.54, 1.807) is 29.2 Å². The summed E-state index contributed by atoms with van der Waals surface area (Å²) in [5, 5.41) is 22.2. The summed E-state index contributed by atoms with van der Waals surface area (Å²) in [7, 11) is 1.85. The summed E-state index contributed by atoms with van der Waals surface area (Å²) in [6, 6.07) is 15.7. The van der Waals surface area contributed by atoms with Crippen LogP contribution in [-0.4, -0.2) is 83.7 Å². The molecule has 3 atom stereocenters. The summed E-state index contributed by atoms with van der Waals surface area (Å²) in [6.45, 7) is 4.29. The smallest absolute Gasteiger partial charge is 0.321 e. The lowest BCUT2D eigenvalue weighted by Gasteiger charge is -2.38. The SMILES string of the molecule is CN(C(=O)NCc1ccc(C#N)cc1)C1CCN(C[C@H]2CN([C@@H](C(=O)O)C3CCCCC3)C[C@@H]2c2cccc(F)c2)CC1. The van der Waals surface area contributed by atoms with Gasteiger partial charge in [-0.25, -0.2) is 9.18 Å². The highest BCUT2D eigenvalue weighted by Crippen LogP contribution is 2.38. The van der Waals surface area contributed by atoms with Crippen LogP contribution >= 0.6 is 0 Å². The lowest BCUT2D eigenvalue weighted by molar-refractivity contribution is -0.145. The maximum absolute atomic E-state index is 14.3. The van der Waals surface area contributed by atoms with Crippen molar-refractivity contribution in [1.82, 2.24) is 20.0 Å². The van der Waals surface area contributed by atoms with Crippen molar-refractivity contribution in [3.63, 3.8) is 0 Å². The molecule has 2 aliphatic heterocycles. The van der Waals surface area contributed by atoms with E-state index in [2.05, 4.69) is 21.2 Å². The number of carbonyl (C=O) groups is 2. The summed E-state index contributed by atoms with van der Waals surface area (Å²) >= 11 is 0. The van der Waals surface area contributed by atoms with E-state index in [0.717, 1.165) is 69.3 Å². The van der Waals surface area contributed by atoms with Gasteiger partial charge in [-0.3, -0.25) is 9.69 Å². The van der Waals surface area contributed by atoms with Gasteiger partial charge in [-0.2, -0.15) is 5.26 Å². The van der Waals surface area contributed by atoms with Crippen molar-refractivity contribution in [2.45, 2.75) is 69.5 Å². The van der Waals surface area contributed by atoms with Crippen molar-refractivity contribution in [3.05, 3.63) is 71.0 Å². The molecular formula is C34H44FN5O3. The Balaban J connectivity index is 1.18. The Bertz CT molecular complexity index is 1280. The molecule has 0 unspecified atom stereocenters. The Morgan fingerprint density at radius 1 is 1.07 bits per heavy atom. The zero-order valence-electron chi connectivity index (χ0n) is 25.1. The van der Waals surface area contributed by atoms with Gasteiger partial charge in [0.2, 0.25) is 0 Å². The molecule has 3 aliphatic rings. The second-order valence-electron chi connectivity index (χ2n) is 12.7. The van der Waals surface area contributed by atoms with Crippen molar-refractivity contribution >= 4 is 12.0 Å². The number of hydrogen-bond acceptors (Lipinski definition) is 5. The number of halogens is 1. The second-order valence-corrected chi connectivity index (χ2v) is 12.7. The molecule has 8 nitrogen and oxygen atoms in total. The maximum Gasteiger partial charge on any atom is 0.321 e. The summed E-state index contributed by atoms with van der Waals surface area (Å²) in [6.07, 6.45) is 7.02. The van der Waals surface area contributed by atoms with Crippen molar-refractivity contribution < 1.29 is 19.1 Å². The highest BCUT2D eigenvalue weighted by molar-refractivity contribution is 5.74. The third-order valence-corrected chi connectivity index (χ3v) is 9.93. The minimum Gasteiger partial charge on any atom is -0.480 e. The molecule has 1 saturated carbocycles. The Hall–Kier alpha value is -3.48. The second kappa shape index (κ2) is 14.3. The first-order chi connectivity index (χ1) is 20.8. The molecule has 2 saturated heterocycles. The van der Waals surface area contributed by atoms with Crippen LogP contribution in [0.2, 0.25) is 0 Å². The number of piperidine rings is 1. The fourth-order valence-electron chi connectivity index (χ4n) is 7.52. The fourth-order valence-corrected chi connectivity index (χ4v) is 7.52. The standard InChI is InChI=1S/C34H44FN5O3/c1-38(34(43)37-20-25-12-10-24(19-36)11-13-25)30-14-16-39(17-15-30)21-28-22-40(23-31(28)27-8-5-9-29(35)18-27)32(33(41)42)26-6-3-2-4-7-26/h5,8-13,18,26,28,30-32H,2-4,6-7,14-17,20-23H2,1H3,(H,37,43)(H,41,42)/t28-,31+,32+/m0/s1. The van der Waals surface area contributed by atoms with E-state index >= 15 is 0 Å². The third kappa shape index (κ3) is 7.73. The van der Waals surface area contributed by atoms with Gasteiger partial charge in [-0.05, 0) is 72.9 Å². The van der Waals surface area contributed by atoms with Crippen LogP contribution in [-0.2, 0) is 11.3 Å². The van der Waals surface area contributed by atoms with Gasteiger partial charge in [0, 0.05) is 58.3 Å². The van der Waals surface area contributed by atoms with Crippen LogP contribution < -0.4 is 5.32 Å². The minimum atomic E-state index is -0.730. The van der Waals surface area contributed by atoms with E-state index in [4.69, 9.17) is 5.26 Å². The molecule has 9 heteroatoms. The summed E-state index contributed by atoms with van der Waals surface area (Å²) in [5.41, 5.74) is 2.49. The van der Waals surface area contributed by atoms with Gasteiger partial charge in [-0.1, -0.05) is 43.5 Å². The Morgan fingerprint density at radius 2 is 1.79 bits per heavy atom. The minimum absolute atomic E-state index is 0.0783. The van der Waals surface area contributed by atoms with Crippen molar-refractivity contribution in [2.75, 3.05) is 39.8 Å². The molecule has 0 spiro atoms. The first kappa shape index (κ1) is 31.0. The van der Waals surface area contributed by atoms with Crippen molar-refractivity contribution in [1.29, 1.82) is 5.26 Å². The van der Waals surface area contributed by atoms with Crippen LogP contribution in [0.15, 0.2) is 48.5 Å². The maximum atomic E-state index is 14.3. The van der Waals surface area contributed by atoms with Crippen LogP contribution in [0.5, 0.6) is 0 Å². The molecule has 43 heavy (non-hydrogen) atoms. The Morgan fingerprint density at radius 3 is 2.44 bits per heavy atom. The van der Waals surface area contributed by atoms with E-state index in [1.165, 1.54) is 12.5 Å². The van der Waals surface area contributed by atoms with Crippen LogP contribution in [0.1, 0.15) is 67.6 Å². The molecule has 2 amide bonds. The molecule has 0 aromatic heterocycles. The number of likely N-dealkylation sites (tertiary alicyclic amines) is 2. The molecule has 0 radical (unpaired) electrons. The number of rotatable bonds is 9. The number of hydrogen-bond donors (Lipinski definition) is 2. The molecule has 5 rings (SSSR count). The molecule has 3 fully saturated rings. The van der Waals surface area contributed by atoms with Gasteiger partial charge in [0.05, 0.1) is 11.6 Å². The van der Waals surface area contributed by atoms with Crippen LogP contribution in [0.25, 0.3) is 0 Å². The van der Waals surface area contributed by atoms with Crippen molar-refractivity contribution in [2.24, 2.45) is 11.8 Å². The lowest BCUT2D eigenvalue weighted by atomic mass is 9.83. The van der Waals surface area contributed by atoms with E-state index in [1.807, 2.05) is 25.2 Å². The largest absolute Gasteiger partial charge is 0.480 e. The number of carboxylic acid groups (broad SMARTS) is 1. The number of nitrogens with one attached hydrogen (secondary N) is 1. The molecular weight excluding hydrogens is 545 g/mol. The highest BCUT2D eigenvalue weighted by Gasteiger charge is 2.43. The number of carboxylic acids is 1. The predicted molar refractivity (Wildman–Crippen MR) is 163 cm³/mol. The lowest BCUT2D eigenvalue weighted by Crippen LogP contribution is -2.49. The normalized spacial score (nSPS) is 23.0. The molecule has 0 bridgehead atoms. The number of amides is 2. The van der Waals surface area contributed by atoms with Gasteiger partial charge in [0.15, 0.2) is 0 Å². The van der Waals surface area contributed by atoms with E-state index in [0.29, 0.717) is 25.2 Å². The van der Waals surface area contributed by atoms with E-state index in [-0.39, 0.29) is 35.6 Å². The molecule has 1 aliphatic carbocycles. The molecule has 2 aromatic rings. The molecule has 2 aromatic carbocycles. The summed E-state index contributed by atoms with van der Waals surface area (Å²) in [4.78, 5) is 31.8. The number of urea groups is 1. The number of nitriles is 1. The van der Waals surface area contributed by atoms with Gasteiger partial charge >= 0.3 is 12.0 Å². The number of carbonyl (C=O) groups excluding carboxylic acids is 1. The number of benzene rings is 2. The zero-order chi connectivity index (χ0) is 30.3. The molecule has 2 heterocycles.